The molecule has 0 heterocycles. The van der Waals surface area contributed by atoms with Gasteiger partial charge in [-0.1, -0.05) is 20.8 Å². The Labute approximate surface area is 79.9 Å². The maximum Gasteiger partial charge on any atom is 0.00189 e. The molecule has 68 valence electrons. The molecule has 1 atom stereocenters. The first-order valence-electron chi connectivity index (χ1n) is 4.50. The Balaban J connectivity index is 2.97. The summed E-state index contributed by atoms with van der Waals surface area (Å²) in [6.07, 6.45) is 2.79. The average molecular weight is 192 g/mol. The van der Waals surface area contributed by atoms with E-state index < -0.39 is 0 Å². The Morgan fingerprint density at radius 1 is 1.18 bits per heavy atom. The fourth-order valence-electron chi connectivity index (χ4n) is 0.985. The van der Waals surface area contributed by atoms with Gasteiger partial charge in [-0.05, 0) is 30.1 Å². The molecular formula is C9H20S2. The van der Waals surface area contributed by atoms with E-state index >= 15 is 0 Å². The SMILES string of the molecule is CCSCCCC(C)SCC. The van der Waals surface area contributed by atoms with Crippen molar-refractivity contribution in [1.29, 1.82) is 0 Å². The second-order valence-electron chi connectivity index (χ2n) is 2.61. The molecule has 1 unspecified atom stereocenters. The second kappa shape index (κ2) is 8.79. The van der Waals surface area contributed by atoms with Crippen molar-refractivity contribution in [2.24, 2.45) is 0 Å². The van der Waals surface area contributed by atoms with Crippen molar-refractivity contribution in [3.8, 4) is 0 Å². The van der Waals surface area contributed by atoms with Crippen LogP contribution in [-0.2, 0) is 0 Å². The summed E-state index contributed by atoms with van der Waals surface area (Å²) in [6, 6.07) is 0. The molecule has 0 aromatic rings. The van der Waals surface area contributed by atoms with E-state index in [1.165, 1.54) is 30.1 Å². The minimum atomic E-state index is 0.873. The van der Waals surface area contributed by atoms with Gasteiger partial charge in [0.05, 0.1) is 0 Å². The lowest BCUT2D eigenvalue weighted by atomic mass is 10.3. The van der Waals surface area contributed by atoms with E-state index in [2.05, 4.69) is 44.3 Å². The quantitative estimate of drug-likeness (QED) is 0.565. The third kappa shape index (κ3) is 8.61. The van der Waals surface area contributed by atoms with Crippen molar-refractivity contribution < 1.29 is 0 Å². The monoisotopic (exact) mass is 192 g/mol. The van der Waals surface area contributed by atoms with Crippen molar-refractivity contribution in [3.05, 3.63) is 0 Å². The standard InChI is InChI=1S/C9H20S2/c1-4-10-8-6-7-9(3)11-5-2/h9H,4-8H2,1-3H3. The van der Waals surface area contributed by atoms with Gasteiger partial charge in [-0.25, -0.2) is 0 Å². The first-order chi connectivity index (χ1) is 5.31. The van der Waals surface area contributed by atoms with Gasteiger partial charge >= 0.3 is 0 Å². The van der Waals surface area contributed by atoms with E-state index in [1.54, 1.807) is 0 Å². The van der Waals surface area contributed by atoms with Crippen molar-refractivity contribution in [2.45, 2.75) is 38.9 Å². The number of hydrogen-bond donors (Lipinski definition) is 0. The van der Waals surface area contributed by atoms with E-state index in [4.69, 9.17) is 0 Å². The summed E-state index contributed by atoms with van der Waals surface area (Å²) >= 11 is 4.14. The maximum absolute atomic E-state index is 2.34. The molecule has 0 saturated carbocycles. The Hall–Kier alpha value is 0.700. The Morgan fingerprint density at radius 3 is 2.45 bits per heavy atom. The number of rotatable bonds is 7. The van der Waals surface area contributed by atoms with E-state index in [9.17, 15) is 0 Å². The Bertz CT molecular complexity index is 74.0. The van der Waals surface area contributed by atoms with Gasteiger partial charge in [0.1, 0.15) is 0 Å². The molecule has 0 fully saturated rings. The third-order valence-electron chi connectivity index (χ3n) is 1.55. The molecule has 0 aromatic carbocycles. The summed E-state index contributed by atoms with van der Waals surface area (Å²) in [4.78, 5) is 0. The molecule has 0 nitrogen and oxygen atoms in total. The molecule has 0 N–H and O–H groups in total. The van der Waals surface area contributed by atoms with Gasteiger partial charge in [-0.3, -0.25) is 0 Å². The summed E-state index contributed by atoms with van der Waals surface area (Å²) < 4.78 is 0. The van der Waals surface area contributed by atoms with Crippen LogP contribution < -0.4 is 0 Å². The summed E-state index contributed by atoms with van der Waals surface area (Å²) in [7, 11) is 0. The van der Waals surface area contributed by atoms with E-state index in [1.807, 2.05) is 0 Å². The lowest BCUT2D eigenvalue weighted by Gasteiger charge is -2.08. The highest BCUT2D eigenvalue weighted by atomic mass is 32.2. The maximum atomic E-state index is 2.34. The zero-order valence-corrected chi connectivity index (χ0v) is 9.56. The smallest absolute Gasteiger partial charge is 0.00189 e. The number of hydrogen-bond acceptors (Lipinski definition) is 2. The summed E-state index contributed by atoms with van der Waals surface area (Å²) in [6.45, 7) is 6.81. The summed E-state index contributed by atoms with van der Waals surface area (Å²) in [5.74, 6) is 3.89. The highest BCUT2D eigenvalue weighted by Crippen LogP contribution is 2.16. The zero-order valence-electron chi connectivity index (χ0n) is 7.93. The molecule has 0 aliphatic rings. The van der Waals surface area contributed by atoms with Crippen LogP contribution >= 0.6 is 23.5 Å². The minimum Gasteiger partial charge on any atom is -0.162 e. The molecule has 0 rings (SSSR count). The highest BCUT2D eigenvalue weighted by Gasteiger charge is 1.99. The first kappa shape index (κ1) is 11.7. The number of thioether (sulfide) groups is 2. The normalized spacial score (nSPS) is 13.4. The van der Waals surface area contributed by atoms with Crippen LogP contribution in [0.5, 0.6) is 0 Å². The molecule has 0 spiro atoms. The molecule has 0 saturated heterocycles. The second-order valence-corrected chi connectivity index (χ2v) is 5.71. The predicted octanol–water partition coefficient (Wildman–Crippen LogP) is 3.66. The topological polar surface area (TPSA) is 0 Å². The lowest BCUT2D eigenvalue weighted by molar-refractivity contribution is 0.794. The summed E-state index contributed by atoms with van der Waals surface area (Å²) in [5.41, 5.74) is 0. The molecule has 0 bridgehead atoms. The van der Waals surface area contributed by atoms with Crippen LogP contribution in [0.15, 0.2) is 0 Å². The van der Waals surface area contributed by atoms with Crippen LogP contribution in [0.2, 0.25) is 0 Å². The fourth-order valence-corrected chi connectivity index (χ4v) is 2.55. The molecule has 11 heavy (non-hydrogen) atoms. The predicted molar refractivity (Wildman–Crippen MR) is 59.8 cm³/mol. The van der Waals surface area contributed by atoms with Gasteiger partial charge in [0.2, 0.25) is 0 Å². The van der Waals surface area contributed by atoms with Crippen molar-refractivity contribution in [1.82, 2.24) is 0 Å². The van der Waals surface area contributed by atoms with Crippen LogP contribution in [0.4, 0.5) is 0 Å². The van der Waals surface area contributed by atoms with Crippen molar-refractivity contribution in [3.63, 3.8) is 0 Å². The van der Waals surface area contributed by atoms with Crippen molar-refractivity contribution >= 4 is 23.5 Å². The fraction of sp³-hybridized carbons (Fsp3) is 1.00. The molecule has 0 radical (unpaired) electrons. The summed E-state index contributed by atoms with van der Waals surface area (Å²) in [5, 5.41) is 0.873. The van der Waals surface area contributed by atoms with Crippen LogP contribution in [0.3, 0.4) is 0 Å². The molecule has 2 heteroatoms. The first-order valence-corrected chi connectivity index (χ1v) is 6.70. The van der Waals surface area contributed by atoms with Crippen LogP contribution in [-0.4, -0.2) is 22.5 Å². The van der Waals surface area contributed by atoms with Gasteiger partial charge in [0, 0.05) is 5.25 Å². The van der Waals surface area contributed by atoms with Gasteiger partial charge in [-0.2, -0.15) is 23.5 Å². The van der Waals surface area contributed by atoms with Crippen LogP contribution in [0.1, 0.15) is 33.6 Å². The van der Waals surface area contributed by atoms with Crippen molar-refractivity contribution in [2.75, 3.05) is 17.3 Å². The van der Waals surface area contributed by atoms with Crippen LogP contribution in [0, 0.1) is 0 Å². The zero-order chi connectivity index (χ0) is 8.53. The molecule has 0 aliphatic heterocycles. The van der Waals surface area contributed by atoms with Gasteiger partial charge in [-0.15, -0.1) is 0 Å². The van der Waals surface area contributed by atoms with Crippen LogP contribution in [0.25, 0.3) is 0 Å². The largest absolute Gasteiger partial charge is 0.162 e. The Morgan fingerprint density at radius 2 is 1.91 bits per heavy atom. The minimum absolute atomic E-state index is 0.873. The highest BCUT2D eigenvalue weighted by molar-refractivity contribution is 7.99. The van der Waals surface area contributed by atoms with Gasteiger partial charge < -0.3 is 0 Å². The average Bonchev–Trinajstić information content (AvgIpc) is 1.99. The molecular weight excluding hydrogens is 172 g/mol. The van der Waals surface area contributed by atoms with Gasteiger partial charge in [0.15, 0.2) is 0 Å². The van der Waals surface area contributed by atoms with E-state index in [-0.39, 0.29) is 0 Å². The lowest BCUT2D eigenvalue weighted by Crippen LogP contribution is -1.97. The Kier molecular flexibility index (Phi) is 9.35. The third-order valence-corrected chi connectivity index (χ3v) is 3.68. The molecule has 0 aromatic heterocycles. The molecule has 0 amide bonds. The van der Waals surface area contributed by atoms with E-state index in [0.29, 0.717) is 0 Å². The molecule has 0 aliphatic carbocycles. The van der Waals surface area contributed by atoms with Gasteiger partial charge in [0.25, 0.3) is 0 Å². The van der Waals surface area contributed by atoms with E-state index in [0.717, 1.165) is 5.25 Å².